The Balaban J connectivity index is 1.67. The van der Waals surface area contributed by atoms with E-state index in [1.807, 2.05) is 11.4 Å². The summed E-state index contributed by atoms with van der Waals surface area (Å²) in [5.41, 5.74) is 1.09. The van der Waals surface area contributed by atoms with Gasteiger partial charge in [-0.25, -0.2) is 8.42 Å². The van der Waals surface area contributed by atoms with E-state index in [0.29, 0.717) is 10.3 Å². The van der Waals surface area contributed by atoms with Gasteiger partial charge in [0.25, 0.3) is 10.0 Å². The third-order valence-electron chi connectivity index (χ3n) is 4.52. The van der Waals surface area contributed by atoms with Gasteiger partial charge in [-0.05, 0) is 42.7 Å². The number of nitrogens with zero attached hydrogens (tertiary/aromatic N) is 1. The van der Waals surface area contributed by atoms with Crippen molar-refractivity contribution in [3.05, 3.63) is 17.0 Å². The molecule has 1 aromatic heterocycles. The van der Waals surface area contributed by atoms with Crippen LogP contribution in [0.5, 0.6) is 0 Å². The Labute approximate surface area is 131 Å². The van der Waals surface area contributed by atoms with Crippen molar-refractivity contribution in [3.8, 4) is 0 Å². The fourth-order valence-corrected chi connectivity index (χ4v) is 5.72. The zero-order valence-corrected chi connectivity index (χ0v) is 14.2. The molecule has 0 atom stereocenters. The lowest BCUT2D eigenvalue weighted by atomic mass is 9.96. The minimum absolute atomic E-state index is 0.180. The topological polar surface area (TPSA) is 49.4 Å². The highest BCUT2D eigenvalue weighted by molar-refractivity contribution is 7.91. The van der Waals surface area contributed by atoms with Crippen LogP contribution in [0.25, 0.3) is 0 Å². The molecule has 2 fully saturated rings. The van der Waals surface area contributed by atoms with Gasteiger partial charge in [0.2, 0.25) is 0 Å². The predicted octanol–water partition coefficient (Wildman–Crippen LogP) is 2.95. The molecule has 1 N–H and O–H groups in total. The van der Waals surface area contributed by atoms with Crippen molar-refractivity contribution in [1.82, 2.24) is 9.62 Å². The second-order valence-electron chi connectivity index (χ2n) is 6.24. The first kappa shape index (κ1) is 15.5. The van der Waals surface area contributed by atoms with Crippen LogP contribution in [0.4, 0.5) is 0 Å². The maximum atomic E-state index is 12.7. The molecule has 0 saturated heterocycles. The Bertz CT molecular complexity index is 572. The molecule has 0 spiro atoms. The van der Waals surface area contributed by atoms with Gasteiger partial charge in [0, 0.05) is 25.7 Å². The van der Waals surface area contributed by atoms with Crippen LogP contribution in [0.1, 0.15) is 50.5 Å². The number of rotatable bonds is 6. The van der Waals surface area contributed by atoms with Crippen LogP contribution in [-0.4, -0.2) is 31.9 Å². The van der Waals surface area contributed by atoms with E-state index in [9.17, 15) is 8.42 Å². The van der Waals surface area contributed by atoms with Gasteiger partial charge in [0.15, 0.2) is 0 Å². The molecule has 0 bridgehead atoms. The average Bonchev–Trinajstić information content (AvgIpc) is 3.21. The number of sulfonamides is 1. The Kier molecular flexibility index (Phi) is 4.69. The van der Waals surface area contributed by atoms with Gasteiger partial charge in [-0.3, -0.25) is 0 Å². The van der Waals surface area contributed by atoms with Crippen LogP contribution < -0.4 is 5.32 Å². The zero-order chi connectivity index (χ0) is 14.9. The number of hydrogen-bond acceptors (Lipinski definition) is 4. The van der Waals surface area contributed by atoms with Crippen LogP contribution in [0.3, 0.4) is 0 Å². The van der Waals surface area contributed by atoms with E-state index in [0.717, 1.165) is 37.8 Å². The Hall–Kier alpha value is -0.430. The molecule has 2 aliphatic carbocycles. The summed E-state index contributed by atoms with van der Waals surface area (Å²) in [6.45, 7) is 0.782. The molecule has 21 heavy (non-hydrogen) atoms. The Morgan fingerprint density at radius 1 is 1.24 bits per heavy atom. The molecule has 4 nitrogen and oxygen atoms in total. The summed E-state index contributed by atoms with van der Waals surface area (Å²) in [7, 11) is -1.57. The molecule has 0 radical (unpaired) electrons. The van der Waals surface area contributed by atoms with E-state index in [1.165, 1.54) is 30.6 Å². The fourth-order valence-electron chi connectivity index (χ4n) is 2.91. The van der Waals surface area contributed by atoms with Crippen LogP contribution in [0.2, 0.25) is 0 Å². The lowest BCUT2D eigenvalue weighted by Crippen LogP contribution is -2.37. The fraction of sp³-hybridized carbons (Fsp3) is 0.733. The van der Waals surface area contributed by atoms with Crippen molar-refractivity contribution in [1.29, 1.82) is 0 Å². The van der Waals surface area contributed by atoms with Gasteiger partial charge in [0.1, 0.15) is 4.21 Å². The Morgan fingerprint density at radius 2 is 1.95 bits per heavy atom. The molecular formula is C15H24N2O2S2. The second-order valence-corrected chi connectivity index (χ2v) is 9.38. The van der Waals surface area contributed by atoms with Crippen LogP contribution in [0.15, 0.2) is 15.7 Å². The van der Waals surface area contributed by atoms with Gasteiger partial charge in [-0.15, -0.1) is 11.3 Å². The van der Waals surface area contributed by atoms with E-state index in [4.69, 9.17) is 0 Å². The van der Waals surface area contributed by atoms with Crippen molar-refractivity contribution >= 4 is 21.4 Å². The highest BCUT2D eigenvalue weighted by atomic mass is 32.2. The molecular weight excluding hydrogens is 304 g/mol. The normalized spacial score (nSPS) is 21.0. The van der Waals surface area contributed by atoms with Gasteiger partial charge in [0.05, 0.1) is 0 Å². The molecule has 0 unspecified atom stereocenters. The SMILES string of the molecule is CN(C1CCCCC1)S(=O)(=O)c1cc(CNC2CC2)cs1. The van der Waals surface area contributed by atoms with Crippen molar-refractivity contribution in [2.75, 3.05) is 7.05 Å². The Morgan fingerprint density at radius 3 is 2.62 bits per heavy atom. The van der Waals surface area contributed by atoms with Gasteiger partial charge >= 0.3 is 0 Å². The van der Waals surface area contributed by atoms with E-state index in [1.54, 1.807) is 11.4 Å². The molecule has 1 heterocycles. The number of nitrogens with one attached hydrogen (secondary N) is 1. The van der Waals surface area contributed by atoms with Crippen molar-refractivity contribution in [2.24, 2.45) is 0 Å². The van der Waals surface area contributed by atoms with Crippen molar-refractivity contribution in [3.63, 3.8) is 0 Å². The van der Waals surface area contributed by atoms with Crippen LogP contribution in [0, 0.1) is 0 Å². The maximum absolute atomic E-state index is 12.7. The zero-order valence-electron chi connectivity index (χ0n) is 12.5. The van der Waals surface area contributed by atoms with Crippen LogP contribution >= 0.6 is 11.3 Å². The van der Waals surface area contributed by atoms with Gasteiger partial charge in [-0.1, -0.05) is 19.3 Å². The quantitative estimate of drug-likeness (QED) is 0.873. The highest BCUT2D eigenvalue weighted by Crippen LogP contribution is 2.29. The minimum atomic E-state index is -3.32. The smallest absolute Gasteiger partial charge is 0.252 e. The first-order valence-electron chi connectivity index (χ1n) is 7.86. The molecule has 2 aliphatic rings. The number of hydrogen-bond donors (Lipinski definition) is 1. The molecule has 1 aromatic rings. The lowest BCUT2D eigenvalue weighted by molar-refractivity contribution is 0.286. The van der Waals surface area contributed by atoms with E-state index >= 15 is 0 Å². The largest absolute Gasteiger partial charge is 0.310 e. The third kappa shape index (κ3) is 3.67. The predicted molar refractivity (Wildman–Crippen MR) is 86.0 cm³/mol. The summed E-state index contributed by atoms with van der Waals surface area (Å²) >= 11 is 1.35. The van der Waals surface area contributed by atoms with Crippen molar-refractivity contribution < 1.29 is 8.42 Å². The third-order valence-corrected chi connectivity index (χ3v) is 7.90. The first-order valence-corrected chi connectivity index (χ1v) is 10.2. The standard InChI is InChI=1S/C15H24N2O2S2/c1-17(14-5-3-2-4-6-14)21(18,19)15-9-12(11-20-15)10-16-13-7-8-13/h9,11,13-14,16H,2-8,10H2,1H3. The van der Waals surface area contributed by atoms with E-state index in [2.05, 4.69) is 5.32 Å². The van der Waals surface area contributed by atoms with E-state index in [-0.39, 0.29) is 6.04 Å². The van der Waals surface area contributed by atoms with Gasteiger partial charge < -0.3 is 5.32 Å². The summed E-state index contributed by atoms with van der Waals surface area (Å²) in [5, 5.41) is 5.40. The van der Waals surface area contributed by atoms with Gasteiger partial charge in [-0.2, -0.15) is 4.31 Å². The molecule has 0 aromatic carbocycles. The second kappa shape index (κ2) is 6.36. The van der Waals surface area contributed by atoms with Crippen LogP contribution in [-0.2, 0) is 16.6 Å². The summed E-state index contributed by atoms with van der Waals surface area (Å²) in [5.74, 6) is 0. The molecule has 118 valence electrons. The molecule has 0 aliphatic heterocycles. The average molecular weight is 329 g/mol. The summed E-state index contributed by atoms with van der Waals surface area (Å²) in [6.07, 6.45) is 8.02. The maximum Gasteiger partial charge on any atom is 0.252 e. The summed E-state index contributed by atoms with van der Waals surface area (Å²) in [4.78, 5) is 0. The minimum Gasteiger partial charge on any atom is -0.310 e. The lowest BCUT2D eigenvalue weighted by Gasteiger charge is -2.29. The molecule has 2 saturated carbocycles. The van der Waals surface area contributed by atoms with Crippen molar-refractivity contribution in [2.45, 2.75) is 67.8 Å². The monoisotopic (exact) mass is 328 g/mol. The highest BCUT2D eigenvalue weighted by Gasteiger charge is 2.30. The molecule has 0 amide bonds. The molecule has 6 heteroatoms. The first-order chi connectivity index (χ1) is 10.1. The summed E-state index contributed by atoms with van der Waals surface area (Å²) in [6, 6.07) is 2.67. The van der Waals surface area contributed by atoms with E-state index < -0.39 is 10.0 Å². The summed E-state index contributed by atoms with van der Waals surface area (Å²) < 4.78 is 27.5. The number of thiophene rings is 1. The molecule has 3 rings (SSSR count).